The second-order valence-electron chi connectivity index (χ2n) is 13.6. The van der Waals surface area contributed by atoms with Crippen LogP contribution in [0, 0.1) is 11.3 Å². The topological polar surface area (TPSA) is 107 Å². The van der Waals surface area contributed by atoms with Crippen molar-refractivity contribution in [3.05, 3.63) is 47.4 Å². The first-order chi connectivity index (χ1) is 20.9. The molecule has 2 fully saturated rings. The van der Waals surface area contributed by atoms with Crippen molar-refractivity contribution in [2.75, 3.05) is 26.2 Å². The van der Waals surface area contributed by atoms with E-state index in [0.717, 1.165) is 42.6 Å². The van der Waals surface area contributed by atoms with Crippen molar-refractivity contribution < 1.29 is 24.3 Å². The van der Waals surface area contributed by atoms with Crippen LogP contribution in [0.25, 0.3) is 16.3 Å². The highest BCUT2D eigenvalue weighted by Crippen LogP contribution is 2.37. The number of aliphatic hydroxyl groups is 1. The predicted octanol–water partition coefficient (Wildman–Crippen LogP) is 4.62. The number of likely N-dealkylation sites (tertiary alicyclic amines) is 1. The van der Waals surface area contributed by atoms with Crippen LogP contribution in [0.1, 0.15) is 71.7 Å². The van der Waals surface area contributed by atoms with Crippen molar-refractivity contribution in [1.29, 1.82) is 0 Å². The molecule has 5 rings (SSSR count). The second-order valence-corrected chi connectivity index (χ2v) is 14.7. The van der Waals surface area contributed by atoms with Crippen LogP contribution >= 0.6 is 11.3 Å². The molecule has 2 aromatic rings. The molecule has 0 aliphatic carbocycles. The van der Waals surface area contributed by atoms with Crippen LogP contribution in [-0.4, -0.2) is 92.0 Å². The quantitative estimate of drug-likeness (QED) is 0.304. The Balaban J connectivity index is 1.49. The van der Waals surface area contributed by atoms with Gasteiger partial charge < -0.3 is 14.9 Å². The minimum absolute atomic E-state index is 0.0903. The number of nitrogens with zero attached hydrogens (tertiary/aromatic N) is 5. The minimum atomic E-state index is -0.887. The largest absolute Gasteiger partial charge is 0.396 e. The number of hydrogen-bond acceptors (Lipinski definition) is 8. The molecule has 3 aliphatic heterocycles. The van der Waals surface area contributed by atoms with E-state index in [1.54, 1.807) is 17.2 Å². The molecule has 3 atom stereocenters. The Morgan fingerprint density at radius 1 is 1.18 bits per heavy atom. The highest BCUT2D eigenvalue weighted by Gasteiger charge is 2.51. The van der Waals surface area contributed by atoms with Gasteiger partial charge in [0.2, 0.25) is 5.91 Å². The molecule has 1 aromatic heterocycles. The van der Waals surface area contributed by atoms with Gasteiger partial charge in [-0.3, -0.25) is 24.1 Å². The second kappa shape index (κ2) is 13.5. The fourth-order valence-electron chi connectivity index (χ4n) is 6.13. The summed E-state index contributed by atoms with van der Waals surface area (Å²) in [6.45, 7) is 12.7. The van der Waals surface area contributed by atoms with Crippen molar-refractivity contribution in [1.82, 2.24) is 24.7 Å². The molecule has 1 N–H and O–H groups in total. The number of carbonyl (C=O) groups is 3. The zero-order valence-electron chi connectivity index (χ0n) is 26.4. The third-order valence-electron chi connectivity index (χ3n) is 8.20. The number of amides is 3. The normalized spacial score (nSPS) is 23.4. The molecule has 238 valence electrons. The maximum absolute atomic E-state index is 14.2. The van der Waals surface area contributed by atoms with Gasteiger partial charge in [-0.1, -0.05) is 46.8 Å². The number of aliphatic hydroxyl groups excluding tert-OH is 1. The molecule has 3 aliphatic rings. The summed E-state index contributed by atoms with van der Waals surface area (Å²) in [6, 6.07) is 6.96. The summed E-state index contributed by atoms with van der Waals surface area (Å²) in [5, 5.41) is 11.1. The van der Waals surface area contributed by atoms with E-state index in [0.29, 0.717) is 24.4 Å². The SMILES string of the molecule is CC(C)C[C@@H]1ON(C(=O)/C=C/c2nc3ccccc3s2)C2=CN(C3CCN(CCCCO)C3)C(=O)[C@H](CC(C)(C)C)N2C1=O. The molecule has 0 spiro atoms. The van der Waals surface area contributed by atoms with Gasteiger partial charge in [-0.15, -0.1) is 11.3 Å². The van der Waals surface area contributed by atoms with E-state index in [4.69, 9.17) is 4.84 Å². The maximum atomic E-state index is 14.2. The van der Waals surface area contributed by atoms with Gasteiger partial charge in [-0.25, -0.2) is 4.98 Å². The molecular weight excluding hydrogens is 578 g/mol. The fraction of sp³-hybridized carbons (Fsp3) is 0.576. The van der Waals surface area contributed by atoms with Gasteiger partial charge in [0.05, 0.1) is 22.5 Å². The molecular formula is C33H45N5O5S. The number of carbonyl (C=O) groups excluding carboxylic acids is 3. The monoisotopic (exact) mass is 623 g/mol. The summed E-state index contributed by atoms with van der Waals surface area (Å²) in [6.07, 6.45) is 7.14. The molecule has 2 saturated heterocycles. The van der Waals surface area contributed by atoms with E-state index in [-0.39, 0.29) is 41.6 Å². The van der Waals surface area contributed by atoms with Gasteiger partial charge >= 0.3 is 0 Å². The standard InChI is InChI=1S/C33H45N5O5S/c1-22(2)18-26-32(42)37-25(19-33(3,4)5)31(41)36(23-14-16-35(20-23)15-8-9-17-39)21-29(37)38(43-26)30(40)13-12-28-34-24-10-6-7-11-27(24)44-28/h6-7,10-13,21-23,25-26,39H,8-9,14-20H2,1-5H3/b13-12+/t23?,25-,26-/m0/s1. The molecule has 0 saturated carbocycles. The third-order valence-corrected chi connectivity index (χ3v) is 9.20. The van der Waals surface area contributed by atoms with Crippen molar-refractivity contribution in [2.45, 2.75) is 84.9 Å². The zero-order valence-corrected chi connectivity index (χ0v) is 27.3. The van der Waals surface area contributed by atoms with Crippen LogP contribution in [0.4, 0.5) is 0 Å². The summed E-state index contributed by atoms with van der Waals surface area (Å²) >= 11 is 1.49. The third kappa shape index (κ3) is 7.22. The van der Waals surface area contributed by atoms with Crippen LogP contribution in [0.5, 0.6) is 0 Å². The first-order valence-electron chi connectivity index (χ1n) is 15.7. The van der Waals surface area contributed by atoms with Crippen molar-refractivity contribution in [2.24, 2.45) is 11.3 Å². The number of rotatable bonds is 10. The number of aromatic nitrogens is 1. The zero-order chi connectivity index (χ0) is 31.6. The molecule has 1 unspecified atom stereocenters. The Hall–Kier alpha value is -3.12. The summed E-state index contributed by atoms with van der Waals surface area (Å²) < 4.78 is 1.03. The van der Waals surface area contributed by atoms with Gasteiger partial charge in [-0.2, -0.15) is 5.06 Å². The molecule has 11 heteroatoms. The molecule has 44 heavy (non-hydrogen) atoms. The number of benzene rings is 1. The van der Waals surface area contributed by atoms with E-state index in [1.807, 2.05) is 38.1 Å². The fourth-order valence-corrected chi connectivity index (χ4v) is 7.00. The van der Waals surface area contributed by atoms with Crippen LogP contribution in [-0.2, 0) is 19.2 Å². The number of hydrogen-bond donors (Lipinski definition) is 1. The Morgan fingerprint density at radius 2 is 1.95 bits per heavy atom. The van der Waals surface area contributed by atoms with E-state index in [1.165, 1.54) is 27.4 Å². The smallest absolute Gasteiger partial charge is 0.276 e. The van der Waals surface area contributed by atoms with Gasteiger partial charge in [0.25, 0.3) is 11.8 Å². The molecule has 3 amide bonds. The number of para-hydroxylation sites is 1. The number of thiazole rings is 1. The molecule has 4 heterocycles. The Labute approximate surface area is 263 Å². The average Bonchev–Trinajstić information content (AvgIpc) is 3.60. The average molecular weight is 624 g/mol. The Kier molecular flexibility index (Phi) is 9.89. The van der Waals surface area contributed by atoms with Gasteiger partial charge in [0.15, 0.2) is 11.9 Å². The highest BCUT2D eigenvalue weighted by molar-refractivity contribution is 7.19. The lowest BCUT2D eigenvalue weighted by Crippen LogP contribution is -2.64. The van der Waals surface area contributed by atoms with Crippen molar-refractivity contribution >= 4 is 45.4 Å². The first kappa shape index (κ1) is 32.3. The van der Waals surface area contributed by atoms with Gasteiger partial charge in [-0.05, 0) is 68.2 Å². The summed E-state index contributed by atoms with van der Waals surface area (Å²) in [7, 11) is 0. The maximum Gasteiger partial charge on any atom is 0.276 e. The Morgan fingerprint density at radius 3 is 2.66 bits per heavy atom. The summed E-state index contributed by atoms with van der Waals surface area (Å²) in [4.78, 5) is 58.5. The number of unbranched alkanes of at least 4 members (excludes halogenated alkanes) is 1. The summed E-state index contributed by atoms with van der Waals surface area (Å²) in [5.41, 5.74) is 0.609. The van der Waals surface area contributed by atoms with Crippen LogP contribution in [0.3, 0.4) is 0 Å². The van der Waals surface area contributed by atoms with E-state index in [2.05, 4.69) is 30.7 Å². The Bertz CT molecular complexity index is 1400. The lowest BCUT2D eigenvalue weighted by Gasteiger charge is -2.49. The van der Waals surface area contributed by atoms with Crippen LogP contribution in [0.15, 0.2) is 42.4 Å². The van der Waals surface area contributed by atoms with Crippen molar-refractivity contribution in [3.8, 4) is 0 Å². The first-order valence-corrected chi connectivity index (χ1v) is 16.5. The summed E-state index contributed by atoms with van der Waals surface area (Å²) in [5.74, 6) is -0.437. The molecule has 10 nitrogen and oxygen atoms in total. The number of fused-ring (bicyclic) bond motifs is 2. The molecule has 1 aromatic carbocycles. The minimum Gasteiger partial charge on any atom is -0.396 e. The van der Waals surface area contributed by atoms with Crippen molar-refractivity contribution in [3.63, 3.8) is 0 Å². The predicted molar refractivity (Wildman–Crippen MR) is 171 cm³/mol. The van der Waals surface area contributed by atoms with E-state index >= 15 is 0 Å². The molecule has 0 bridgehead atoms. The van der Waals surface area contributed by atoms with Gasteiger partial charge in [0.1, 0.15) is 11.0 Å². The highest BCUT2D eigenvalue weighted by atomic mass is 32.1. The molecule has 0 radical (unpaired) electrons. The lowest BCUT2D eigenvalue weighted by atomic mass is 9.85. The van der Waals surface area contributed by atoms with E-state index in [9.17, 15) is 19.5 Å². The van der Waals surface area contributed by atoms with E-state index < -0.39 is 18.1 Å². The number of hydroxylamine groups is 2. The lowest BCUT2D eigenvalue weighted by molar-refractivity contribution is -0.226. The van der Waals surface area contributed by atoms with Crippen LogP contribution < -0.4 is 0 Å². The van der Waals surface area contributed by atoms with Gasteiger partial charge in [0, 0.05) is 25.8 Å². The van der Waals surface area contributed by atoms with Crippen LogP contribution in [0.2, 0.25) is 0 Å².